The zero-order valence-corrected chi connectivity index (χ0v) is 6.81. The molecule has 5 nitrogen and oxygen atoms in total. The molecule has 0 fully saturated rings. The molecule has 0 spiro atoms. The van der Waals surface area contributed by atoms with Crippen LogP contribution in [0.25, 0.3) is 11.2 Å². The van der Waals surface area contributed by atoms with Gasteiger partial charge >= 0.3 is 0 Å². The highest BCUT2D eigenvalue weighted by atomic mass is 16.2. The maximum absolute atomic E-state index is 8.50. The molecule has 0 amide bonds. The Morgan fingerprint density at radius 2 is 2.31 bits per heavy atom. The maximum Gasteiger partial charge on any atom is 0.180 e. The summed E-state index contributed by atoms with van der Waals surface area (Å²) in [6.45, 7) is 0. The van der Waals surface area contributed by atoms with Crippen LogP contribution in [0.4, 0.5) is 0 Å². The summed E-state index contributed by atoms with van der Waals surface area (Å²) in [5.41, 5.74) is 2.30. The van der Waals surface area contributed by atoms with Crippen LogP contribution in [0.1, 0.15) is 5.69 Å². The quantitative estimate of drug-likeness (QED) is 0.668. The number of aromatic amines is 1. The van der Waals surface area contributed by atoms with Gasteiger partial charge in [0.1, 0.15) is 11.8 Å². The van der Waals surface area contributed by atoms with Gasteiger partial charge in [0.2, 0.25) is 0 Å². The number of aliphatic hydroxyl groups is 1. The van der Waals surface area contributed by atoms with Crippen molar-refractivity contribution in [3.8, 4) is 0 Å². The Hall–Kier alpha value is -1.91. The first kappa shape index (κ1) is 7.72. The van der Waals surface area contributed by atoms with Crippen LogP contribution in [0.2, 0.25) is 0 Å². The van der Waals surface area contributed by atoms with Gasteiger partial charge in [0.25, 0.3) is 0 Å². The van der Waals surface area contributed by atoms with Gasteiger partial charge in [-0.25, -0.2) is 15.0 Å². The molecule has 2 N–H and O–H groups in total. The summed E-state index contributed by atoms with van der Waals surface area (Å²) in [5.74, 6) is 0. The summed E-state index contributed by atoms with van der Waals surface area (Å²) in [4.78, 5) is 15.0. The molecule has 0 atom stereocenters. The fraction of sp³-hybridized carbons (Fsp3) is 0.125. The van der Waals surface area contributed by atoms with E-state index in [0.717, 1.165) is 17.5 Å². The van der Waals surface area contributed by atoms with E-state index in [1.807, 2.05) is 0 Å². The Kier molecular flexibility index (Phi) is 1.91. The van der Waals surface area contributed by atoms with Crippen LogP contribution in [-0.4, -0.2) is 25.0 Å². The Morgan fingerprint density at radius 3 is 3.15 bits per heavy atom. The van der Waals surface area contributed by atoms with E-state index >= 15 is 0 Å². The molecule has 0 aliphatic rings. The Labute approximate surface area is 74.2 Å². The van der Waals surface area contributed by atoms with E-state index < -0.39 is 0 Å². The monoisotopic (exact) mass is 176 g/mol. The lowest BCUT2D eigenvalue weighted by molar-refractivity contribution is 0.471. The van der Waals surface area contributed by atoms with Crippen molar-refractivity contribution in [2.75, 3.05) is 0 Å². The highest BCUT2D eigenvalue weighted by Crippen LogP contribution is 2.09. The zero-order chi connectivity index (χ0) is 9.10. The van der Waals surface area contributed by atoms with Gasteiger partial charge in [-0.05, 0) is 6.08 Å². The first-order chi connectivity index (χ1) is 6.42. The Bertz CT molecular complexity index is 434. The summed E-state index contributed by atoms with van der Waals surface area (Å²) >= 11 is 0. The molecule has 0 radical (unpaired) electrons. The third kappa shape index (κ3) is 1.35. The number of aromatic nitrogens is 4. The first-order valence-electron chi connectivity index (χ1n) is 3.84. The standard InChI is InChI=1S/C8H8N4O/c13-3-1-2-6-7-8(11-4-9-6)12-5-10-7/h1,3-5,13H,2H2,(H,9,10,11,12). The van der Waals surface area contributed by atoms with Gasteiger partial charge in [0.15, 0.2) is 5.65 Å². The summed E-state index contributed by atoms with van der Waals surface area (Å²) in [6, 6.07) is 0. The predicted octanol–water partition coefficient (Wildman–Crippen LogP) is 0.967. The second-order valence-corrected chi connectivity index (χ2v) is 2.51. The normalized spacial score (nSPS) is 11.4. The van der Waals surface area contributed by atoms with Gasteiger partial charge in [-0.2, -0.15) is 0 Å². The third-order valence-corrected chi connectivity index (χ3v) is 1.72. The van der Waals surface area contributed by atoms with Crippen LogP contribution < -0.4 is 0 Å². The third-order valence-electron chi connectivity index (χ3n) is 1.72. The summed E-state index contributed by atoms with van der Waals surface area (Å²) in [6.07, 6.45) is 6.22. The molecule has 5 heteroatoms. The summed E-state index contributed by atoms with van der Waals surface area (Å²) < 4.78 is 0. The van der Waals surface area contributed by atoms with E-state index in [0.29, 0.717) is 12.1 Å². The number of hydrogen-bond acceptors (Lipinski definition) is 4. The molecule has 0 bridgehead atoms. The van der Waals surface area contributed by atoms with Crippen LogP contribution in [0.3, 0.4) is 0 Å². The predicted molar refractivity (Wildman–Crippen MR) is 47.2 cm³/mol. The summed E-state index contributed by atoms with van der Waals surface area (Å²) in [7, 11) is 0. The number of aliphatic hydroxyl groups excluding tert-OH is 1. The number of nitrogens with zero attached hydrogens (tertiary/aromatic N) is 3. The van der Waals surface area contributed by atoms with Crippen LogP contribution >= 0.6 is 0 Å². The molecule has 0 aromatic carbocycles. The molecule has 0 saturated carbocycles. The second kappa shape index (κ2) is 3.22. The molecule has 2 aromatic rings. The highest BCUT2D eigenvalue weighted by Gasteiger charge is 2.02. The van der Waals surface area contributed by atoms with E-state index in [2.05, 4.69) is 19.9 Å². The van der Waals surface area contributed by atoms with E-state index in [4.69, 9.17) is 5.11 Å². The van der Waals surface area contributed by atoms with Gasteiger partial charge in [0, 0.05) is 6.42 Å². The van der Waals surface area contributed by atoms with Gasteiger partial charge < -0.3 is 10.1 Å². The molecule has 0 aliphatic heterocycles. The van der Waals surface area contributed by atoms with Crippen molar-refractivity contribution in [1.82, 2.24) is 19.9 Å². The smallest absolute Gasteiger partial charge is 0.180 e. The molecule has 66 valence electrons. The molecular weight excluding hydrogens is 168 g/mol. The average molecular weight is 176 g/mol. The van der Waals surface area contributed by atoms with Crippen molar-refractivity contribution in [3.05, 3.63) is 30.7 Å². The van der Waals surface area contributed by atoms with Crippen molar-refractivity contribution in [2.24, 2.45) is 0 Å². The maximum atomic E-state index is 8.50. The number of allylic oxidation sites excluding steroid dienone is 1. The zero-order valence-electron chi connectivity index (χ0n) is 6.81. The molecule has 0 unspecified atom stereocenters. The van der Waals surface area contributed by atoms with E-state index in [1.54, 1.807) is 12.4 Å². The van der Waals surface area contributed by atoms with Gasteiger partial charge in [-0.15, -0.1) is 0 Å². The van der Waals surface area contributed by atoms with Crippen LogP contribution in [0.15, 0.2) is 25.0 Å². The fourth-order valence-corrected chi connectivity index (χ4v) is 1.13. The van der Waals surface area contributed by atoms with Crippen molar-refractivity contribution in [3.63, 3.8) is 0 Å². The van der Waals surface area contributed by atoms with E-state index in [-0.39, 0.29) is 0 Å². The Morgan fingerprint density at radius 1 is 1.38 bits per heavy atom. The van der Waals surface area contributed by atoms with E-state index in [1.165, 1.54) is 6.33 Å². The molecule has 2 rings (SSSR count). The van der Waals surface area contributed by atoms with Gasteiger partial charge in [-0.3, -0.25) is 0 Å². The lowest BCUT2D eigenvalue weighted by Crippen LogP contribution is -1.91. The van der Waals surface area contributed by atoms with Crippen molar-refractivity contribution >= 4 is 11.2 Å². The average Bonchev–Trinajstić information content (AvgIpc) is 2.62. The number of fused-ring (bicyclic) bond motifs is 1. The van der Waals surface area contributed by atoms with Gasteiger partial charge in [0.05, 0.1) is 18.3 Å². The fourth-order valence-electron chi connectivity index (χ4n) is 1.13. The SMILES string of the molecule is OC=CCc1ncnc2nc[nH]c12. The number of imidazole rings is 1. The first-order valence-corrected chi connectivity index (χ1v) is 3.84. The van der Waals surface area contributed by atoms with Crippen LogP contribution in [-0.2, 0) is 6.42 Å². The molecule has 2 aromatic heterocycles. The molecular formula is C8H8N4O. The molecule has 0 saturated heterocycles. The number of rotatable bonds is 2. The number of H-pyrrole nitrogens is 1. The topological polar surface area (TPSA) is 74.7 Å². The minimum atomic E-state index is 0.567. The largest absolute Gasteiger partial charge is 0.516 e. The van der Waals surface area contributed by atoms with Crippen LogP contribution in [0.5, 0.6) is 0 Å². The van der Waals surface area contributed by atoms with Crippen molar-refractivity contribution in [2.45, 2.75) is 6.42 Å². The second-order valence-electron chi connectivity index (χ2n) is 2.51. The Balaban J connectivity index is 2.48. The van der Waals surface area contributed by atoms with Crippen LogP contribution in [0, 0.1) is 0 Å². The minimum absolute atomic E-state index is 0.567. The molecule has 13 heavy (non-hydrogen) atoms. The minimum Gasteiger partial charge on any atom is -0.516 e. The van der Waals surface area contributed by atoms with E-state index in [9.17, 15) is 0 Å². The number of nitrogens with one attached hydrogen (secondary N) is 1. The lowest BCUT2D eigenvalue weighted by atomic mass is 10.3. The molecule has 0 aliphatic carbocycles. The van der Waals surface area contributed by atoms with Gasteiger partial charge in [-0.1, -0.05) is 0 Å². The molecule has 2 heterocycles. The van der Waals surface area contributed by atoms with Crippen molar-refractivity contribution < 1.29 is 5.11 Å². The van der Waals surface area contributed by atoms with Crippen molar-refractivity contribution in [1.29, 1.82) is 0 Å². The number of hydrogen-bond donors (Lipinski definition) is 2. The highest BCUT2D eigenvalue weighted by molar-refractivity contribution is 5.72. The summed E-state index contributed by atoms with van der Waals surface area (Å²) in [5, 5.41) is 8.50. The lowest BCUT2D eigenvalue weighted by Gasteiger charge is -1.95.